The second kappa shape index (κ2) is 8.36. The maximum absolute atomic E-state index is 7.02. The molecule has 16 heavy (non-hydrogen) atoms. The lowest BCUT2D eigenvalue weighted by molar-refractivity contribution is 0.363. The summed E-state index contributed by atoms with van der Waals surface area (Å²) in [6.45, 7) is 5.68. The summed E-state index contributed by atoms with van der Waals surface area (Å²) in [5.74, 6) is 0. The Morgan fingerprint density at radius 2 is 2.19 bits per heavy atom. The number of nitrogens with zero attached hydrogens (tertiary/aromatic N) is 2. The Morgan fingerprint density at radius 1 is 1.56 bits per heavy atom. The van der Waals surface area contributed by atoms with E-state index >= 15 is 0 Å². The fraction of sp³-hybridized carbons (Fsp3) is 0.455. The molecule has 0 aromatic heterocycles. The largest absolute Gasteiger partial charge is 0.347 e. The molecule has 0 radical (unpaired) electrons. The number of amidine groups is 2. The molecular formula is C11H17Cl2N3. The molecule has 0 aromatic carbocycles. The van der Waals surface area contributed by atoms with Crippen molar-refractivity contribution in [1.82, 2.24) is 4.90 Å². The molecule has 0 bridgehead atoms. The highest BCUT2D eigenvalue weighted by Crippen LogP contribution is 2.11. The van der Waals surface area contributed by atoms with Gasteiger partial charge in [-0.1, -0.05) is 31.7 Å². The molecule has 0 aromatic rings. The molecule has 0 fully saturated rings. The van der Waals surface area contributed by atoms with Crippen molar-refractivity contribution in [2.75, 3.05) is 7.05 Å². The average Bonchev–Trinajstić information content (AvgIpc) is 2.22. The zero-order chi connectivity index (χ0) is 12.6. The van der Waals surface area contributed by atoms with Crippen LogP contribution in [0.2, 0.25) is 0 Å². The molecule has 0 aliphatic rings. The molecule has 1 N–H and O–H groups in total. The molecule has 1 unspecified atom stereocenters. The third kappa shape index (κ3) is 5.93. The zero-order valence-electron chi connectivity index (χ0n) is 9.58. The highest BCUT2D eigenvalue weighted by Gasteiger charge is 2.14. The van der Waals surface area contributed by atoms with E-state index in [9.17, 15) is 0 Å². The Hall–Kier alpha value is -0.800. The van der Waals surface area contributed by atoms with Crippen molar-refractivity contribution in [2.24, 2.45) is 4.99 Å². The fourth-order valence-electron chi connectivity index (χ4n) is 1.24. The minimum Gasteiger partial charge on any atom is -0.347 e. The molecule has 0 spiro atoms. The molecule has 3 nitrogen and oxygen atoms in total. The molecular weight excluding hydrogens is 245 g/mol. The van der Waals surface area contributed by atoms with Crippen LogP contribution in [0.5, 0.6) is 0 Å². The first kappa shape index (κ1) is 15.2. The van der Waals surface area contributed by atoms with E-state index < -0.39 is 0 Å². The van der Waals surface area contributed by atoms with E-state index in [2.05, 4.69) is 18.5 Å². The first-order chi connectivity index (χ1) is 7.52. The van der Waals surface area contributed by atoms with Crippen molar-refractivity contribution in [3.05, 3.63) is 24.8 Å². The van der Waals surface area contributed by atoms with Crippen LogP contribution in [0.1, 0.15) is 19.8 Å². The van der Waals surface area contributed by atoms with Crippen LogP contribution in [0.15, 0.2) is 29.8 Å². The van der Waals surface area contributed by atoms with E-state index in [1.54, 1.807) is 6.08 Å². The minimum absolute atomic E-state index is 0.235. The van der Waals surface area contributed by atoms with Gasteiger partial charge in [0.1, 0.15) is 0 Å². The summed E-state index contributed by atoms with van der Waals surface area (Å²) < 4.78 is 0. The van der Waals surface area contributed by atoms with E-state index in [1.807, 2.05) is 24.1 Å². The van der Waals surface area contributed by atoms with Gasteiger partial charge in [0, 0.05) is 13.1 Å². The quantitative estimate of drug-likeness (QED) is 0.349. The van der Waals surface area contributed by atoms with Gasteiger partial charge in [-0.25, -0.2) is 0 Å². The molecule has 0 heterocycles. The smallest absolute Gasteiger partial charge is 0.217 e. The van der Waals surface area contributed by atoms with Gasteiger partial charge in [0.2, 0.25) is 10.6 Å². The first-order valence-electron chi connectivity index (χ1n) is 5.01. The van der Waals surface area contributed by atoms with Crippen LogP contribution < -0.4 is 0 Å². The molecule has 5 heteroatoms. The monoisotopic (exact) mass is 261 g/mol. The molecule has 90 valence electrons. The Morgan fingerprint density at radius 3 is 2.62 bits per heavy atom. The zero-order valence-corrected chi connectivity index (χ0v) is 11.1. The van der Waals surface area contributed by atoms with E-state index in [1.165, 1.54) is 0 Å². The molecule has 0 aliphatic carbocycles. The fourth-order valence-corrected chi connectivity index (χ4v) is 1.59. The standard InChI is InChI=1S/C11H17Cl2N3/c1-4-6-7-8-9(5-2)16(3)11(13)15-10(12)14/h4,6-7,9,14H,1,5,8H2,2-3H3/b7-6-,14-10?,15-11-. The predicted molar refractivity (Wildman–Crippen MR) is 72.7 cm³/mol. The maximum Gasteiger partial charge on any atom is 0.217 e. The van der Waals surface area contributed by atoms with Gasteiger partial charge in [0.15, 0.2) is 0 Å². The van der Waals surface area contributed by atoms with E-state index in [4.69, 9.17) is 28.6 Å². The van der Waals surface area contributed by atoms with Crippen LogP contribution in [0, 0.1) is 5.41 Å². The van der Waals surface area contributed by atoms with Crippen LogP contribution in [0.4, 0.5) is 0 Å². The first-order valence-corrected chi connectivity index (χ1v) is 5.77. The second-order valence-corrected chi connectivity index (χ2v) is 3.94. The van der Waals surface area contributed by atoms with Crippen molar-refractivity contribution in [2.45, 2.75) is 25.8 Å². The Bertz CT molecular complexity index is 298. The lowest BCUT2D eigenvalue weighted by atomic mass is 10.1. The van der Waals surface area contributed by atoms with Gasteiger partial charge in [-0.2, -0.15) is 4.99 Å². The number of aliphatic imine (C=N–C) groups is 1. The van der Waals surface area contributed by atoms with Crippen LogP contribution in [-0.4, -0.2) is 28.6 Å². The Kier molecular flexibility index (Phi) is 7.95. The summed E-state index contributed by atoms with van der Waals surface area (Å²) in [7, 11) is 1.83. The van der Waals surface area contributed by atoms with Crippen LogP contribution in [0.3, 0.4) is 0 Å². The molecule has 0 saturated heterocycles. The van der Waals surface area contributed by atoms with Crippen LogP contribution >= 0.6 is 23.2 Å². The summed E-state index contributed by atoms with van der Waals surface area (Å²) in [6.07, 6.45) is 7.43. The number of halogens is 2. The lowest BCUT2D eigenvalue weighted by Crippen LogP contribution is -2.34. The van der Waals surface area contributed by atoms with E-state index in [0.29, 0.717) is 0 Å². The van der Waals surface area contributed by atoms with Gasteiger partial charge in [-0.05, 0) is 36.0 Å². The molecule has 0 rings (SSSR count). The van der Waals surface area contributed by atoms with Gasteiger partial charge < -0.3 is 4.90 Å². The number of hydrogen-bond donors (Lipinski definition) is 1. The van der Waals surface area contributed by atoms with Crippen LogP contribution in [0.25, 0.3) is 0 Å². The number of rotatable bonds is 5. The van der Waals surface area contributed by atoms with Crippen molar-refractivity contribution < 1.29 is 0 Å². The number of allylic oxidation sites excluding steroid dienone is 2. The summed E-state index contributed by atoms with van der Waals surface area (Å²) in [5.41, 5.74) is 0. The van der Waals surface area contributed by atoms with E-state index in [-0.39, 0.29) is 16.6 Å². The average molecular weight is 262 g/mol. The van der Waals surface area contributed by atoms with Crippen molar-refractivity contribution in [3.8, 4) is 0 Å². The SMILES string of the molecule is C=C/C=C\CC(CC)N(C)/C(Cl)=N\C(=N)Cl. The van der Waals surface area contributed by atoms with Gasteiger partial charge in [0.05, 0.1) is 0 Å². The summed E-state index contributed by atoms with van der Waals surface area (Å²) in [6, 6.07) is 0.239. The highest BCUT2D eigenvalue weighted by molar-refractivity contribution is 6.70. The van der Waals surface area contributed by atoms with Gasteiger partial charge in [-0.3, -0.25) is 5.41 Å². The Labute approximate surface area is 107 Å². The number of nitrogens with one attached hydrogen (secondary N) is 1. The third-order valence-corrected chi connectivity index (χ3v) is 2.62. The van der Waals surface area contributed by atoms with Gasteiger partial charge in [-0.15, -0.1) is 0 Å². The number of hydrogen-bond acceptors (Lipinski definition) is 1. The Balaban J connectivity index is 4.51. The second-order valence-electron chi connectivity index (χ2n) is 3.24. The predicted octanol–water partition coefficient (Wildman–Crippen LogP) is 3.60. The van der Waals surface area contributed by atoms with E-state index in [0.717, 1.165) is 12.8 Å². The topological polar surface area (TPSA) is 39.5 Å². The van der Waals surface area contributed by atoms with Crippen molar-refractivity contribution in [3.63, 3.8) is 0 Å². The maximum atomic E-state index is 7.02. The summed E-state index contributed by atoms with van der Waals surface area (Å²) in [5, 5.41) is 6.95. The molecule has 0 saturated carbocycles. The van der Waals surface area contributed by atoms with Gasteiger partial charge >= 0.3 is 0 Å². The normalized spacial score (nSPS) is 13.9. The molecule has 0 amide bonds. The highest BCUT2D eigenvalue weighted by atomic mass is 35.5. The van der Waals surface area contributed by atoms with Crippen molar-refractivity contribution >= 4 is 33.8 Å². The van der Waals surface area contributed by atoms with Crippen molar-refractivity contribution in [1.29, 1.82) is 5.41 Å². The summed E-state index contributed by atoms with van der Waals surface area (Å²) in [4.78, 5) is 5.50. The lowest BCUT2D eigenvalue weighted by Gasteiger charge is -2.26. The summed E-state index contributed by atoms with van der Waals surface area (Å²) >= 11 is 11.3. The third-order valence-electron chi connectivity index (χ3n) is 2.18. The minimum atomic E-state index is -0.312. The molecule has 0 aliphatic heterocycles. The molecule has 1 atom stereocenters. The van der Waals surface area contributed by atoms with Gasteiger partial charge in [0.25, 0.3) is 0 Å². The van der Waals surface area contributed by atoms with Crippen LogP contribution in [-0.2, 0) is 0 Å².